The number of benzene rings is 1. The Balaban J connectivity index is 2.32. The molecule has 2 aliphatic rings. The molecule has 0 saturated carbocycles. The van der Waals surface area contributed by atoms with Crippen LogP contribution in [0.3, 0.4) is 0 Å². The van der Waals surface area contributed by atoms with Gasteiger partial charge in [0.2, 0.25) is 5.91 Å². The first kappa shape index (κ1) is 5.77. The second-order valence-corrected chi connectivity index (χ2v) is 4.05. The summed E-state index contributed by atoms with van der Waals surface area (Å²) in [6.07, 6.45) is -3.24. The van der Waals surface area contributed by atoms with E-state index in [-0.39, 0.29) is 10.6 Å². The molecule has 0 aromatic heterocycles. The summed E-state index contributed by atoms with van der Waals surface area (Å²) < 4.78 is 64.7. The van der Waals surface area contributed by atoms with Crippen molar-refractivity contribution in [2.24, 2.45) is 0 Å². The highest BCUT2D eigenvalue weighted by Crippen LogP contribution is 2.31. The molecule has 2 amide bonds. The van der Waals surface area contributed by atoms with Gasteiger partial charge in [-0.15, -0.1) is 0 Å². The van der Waals surface area contributed by atoms with Gasteiger partial charge in [-0.1, -0.05) is 12.6 Å². The molecule has 19 heavy (non-hydrogen) atoms. The lowest BCUT2D eigenvalue weighted by atomic mass is 10.0. The molecular weight excluding hydrogens is 242 g/mol. The van der Waals surface area contributed by atoms with Gasteiger partial charge in [0.15, 0.2) is 0 Å². The van der Waals surface area contributed by atoms with Crippen molar-refractivity contribution >= 4 is 17.5 Å². The lowest BCUT2D eigenvalue weighted by Gasteiger charge is -2.30. The quantitative estimate of drug-likeness (QED) is 0.744. The van der Waals surface area contributed by atoms with Gasteiger partial charge in [-0.05, 0) is 24.9 Å². The van der Waals surface area contributed by atoms with Crippen molar-refractivity contribution < 1.29 is 20.6 Å². The largest absolute Gasteiger partial charge is 0.398 e. The van der Waals surface area contributed by atoms with Gasteiger partial charge < -0.3 is 16.0 Å². The second kappa shape index (κ2) is 4.12. The number of carbonyl (C=O) groups excluding carboxylic acids is 2. The molecule has 3 rings (SSSR count). The lowest BCUT2D eigenvalue weighted by molar-refractivity contribution is -0.126. The number of allylic oxidation sites excluding steroid dienone is 1. The molecule has 1 saturated heterocycles. The fraction of sp³-hybridized carbons (Fsp3) is 0.286. The summed E-state index contributed by atoms with van der Waals surface area (Å²) in [6.45, 7) is 0.489. The Bertz CT molecular complexity index is 932. The Morgan fingerprint density at radius 2 is 2.37 bits per heavy atom. The molecule has 2 heterocycles. The van der Waals surface area contributed by atoms with Gasteiger partial charge >= 0.3 is 0 Å². The van der Waals surface area contributed by atoms with Crippen LogP contribution in [0, 0.1) is 0 Å². The van der Waals surface area contributed by atoms with E-state index in [1.54, 1.807) is 0 Å². The van der Waals surface area contributed by atoms with E-state index in [4.69, 9.17) is 16.7 Å². The van der Waals surface area contributed by atoms with Crippen molar-refractivity contribution in [3.63, 3.8) is 0 Å². The van der Waals surface area contributed by atoms with Crippen LogP contribution in [0.5, 0.6) is 0 Å². The first-order valence-corrected chi connectivity index (χ1v) is 5.43. The van der Waals surface area contributed by atoms with Crippen LogP contribution in [0.2, 0.25) is 0 Å². The van der Waals surface area contributed by atoms with Crippen molar-refractivity contribution in [2.45, 2.75) is 25.3 Å². The maximum atomic E-state index is 12.9. The zero-order valence-corrected chi connectivity index (χ0v) is 9.76. The molecule has 0 unspecified atom stereocenters. The second-order valence-electron chi connectivity index (χ2n) is 4.05. The minimum Gasteiger partial charge on any atom is -0.398 e. The Hall–Kier alpha value is -2.30. The third-order valence-corrected chi connectivity index (χ3v) is 2.74. The van der Waals surface area contributed by atoms with Crippen LogP contribution in [0.15, 0.2) is 30.4 Å². The molecule has 3 N–H and O–H groups in total. The fourth-order valence-electron chi connectivity index (χ4n) is 1.84. The number of hydrogen-bond donors (Lipinski definition) is 2. The molecule has 1 aromatic rings. The van der Waals surface area contributed by atoms with Crippen LogP contribution < -0.4 is 11.1 Å². The maximum absolute atomic E-state index is 12.9. The number of nitrogens with two attached hydrogens (primary N) is 1. The summed E-state index contributed by atoms with van der Waals surface area (Å²) in [6, 6.07) is -5.18. The van der Waals surface area contributed by atoms with Crippen LogP contribution >= 0.6 is 0 Å². The normalized spacial score (nSPS) is 37.7. The summed E-state index contributed by atoms with van der Waals surface area (Å²) in [4.78, 5) is 25.5. The van der Waals surface area contributed by atoms with E-state index in [1.807, 2.05) is 0 Å². The molecule has 0 aliphatic carbocycles. The minimum atomic E-state index is -3.03. The van der Waals surface area contributed by atoms with E-state index in [1.165, 1.54) is 0 Å². The third kappa shape index (κ3) is 1.78. The van der Waals surface area contributed by atoms with Crippen LogP contribution in [-0.2, 0) is 11.3 Å². The molecule has 98 valence electrons. The predicted molar refractivity (Wildman–Crippen MR) is 71.0 cm³/mol. The molecule has 2 aliphatic heterocycles. The monoisotopic (exact) mass is 265 g/mol. The molecule has 0 spiro atoms. The highest BCUT2D eigenvalue weighted by Gasteiger charge is 2.38. The fourth-order valence-corrected chi connectivity index (χ4v) is 1.84. The van der Waals surface area contributed by atoms with E-state index >= 15 is 0 Å². The van der Waals surface area contributed by atoms with Crippen LogP contribution in [0.4, 0.5) is 5.69 Å². The Labute approximate surface area is 122 Å². The Morgan fingerprint density at radius 1 is 1.58 bits per heavy atom. The number of hydrogen-bond acceptors (Lipinski definition) is 3. The number of rotatable bonds is 1. The zero-order chi connectivity index (χ0) is 20.7. The van der Waals surface area contributed by atoms with Gasteiger partial charge in [0.05, 0.1) is 8.22 Å². The van der Waals surface area contributed by atoms with Gasteiger partial charge in [-0.3, -0.25) is 9.59 Å². The van der Waals surface area contributed by atoms with E-state index in [9.17, 15) is 9.59 Å². The van der Waals surface area contributed by atoms with Crippen LogP contribution in [0.1, 0.15) is 39.7 Å². The number of piperidine rings is 1. The highest BCUT2D eigenvalue weighted by atomic mass is 16.2. The van der Waals surface area contributed by atoms with Crippen LogP contribution in [0.25, 0.3) is 0 Å². The number of fused-ring (bicyclic) bond motifs is 1. The van der Waals surface area contributed by atoms with Crippen molar-refractivity contribution in [1.82, 2.24) is 10.2 Å². The average Bonchev–Trinajstić information content (AvgIpc) is 2.74. The van der Waals surface area contributed by atoms with Crippen LogP contribution in [-0.4, -0.2) is 22.7 Å². The number of nitrogen functional groups attached to an aromatic ring is 1. The Kier molecular flexibility index (Phi) is 1.25. The molecule has 5 heteroatoms. The standard InChI is InChI=1S/C14H15N3O2/c1-8-5-6-12(13(18)16-8)17-7-10-9(14(17)19)3-2-4-11(10)15/h2-4,12H,1,5-7,15H2,(H,16,18)/t12-/m0/s1/i2D,3D,4D,6D2,7D2,12D. The van der Waals surface area contributed by atoms with E-state index in [2.05, 4.69) is 11.9 Å². The predicted octanol–water partition coefficient (Wildman–Crippen LogP) is 1.02. The lowest BCUT2D eigenvalue weighted by Crippen LogP contribution is -2.49. The first-order chi connectivity index (χ1) is 12.2. The van der Waals surface area contributed by atoms with Crippen molar-refractivity contribution in [3.8, 4) is 0 Å². The molecule has 1 atom stereocenters. The minimum absolute atomic E-state index is 0.0276. The maximum Gasteiger partial charge on any atom is 0.255 e. The van der Waals surface area contributed by atoms with E-state index in [0.29, 0.717) is 0 Å². The smallest absolute Gasteiger partial charge is 0.255 e. The zero-order valence-electron chi connectivity index (χ0n) is 17.8. The van der Waals surface area contributed by atoms with E-state index < -0.39 is 72.1 Å². The highest BCUT2D eigenvalue weighted by molar-refractivity contribution is 6.02. The Morgan fingerprint density at radius 3 is 3.11 bits per heavy atom. The van der Waals surface area contributed by atoms with Crippen molar-refractivity contribution in [3.05, 3.63) is 41.5 Å². The number of amides is 2. The summed E-state index contributed by atoms with van der Waals surface area (Å²) >= 11 is 0. The molecule has 0 bridgehead atoms. The molecular formula is C14H15N3O2. The SMILES string of the molecule is [2H]c1c([2H])c(N)c2c(c1[2H])C(=O)N([C@]1([2H])C(=O)NC(=C)CC1([2H])[2H])C2([2H])[2H]. The summed E-state index contributed by atoms with van der Waals surface area (Å²) in [5.74, 6) is -2.61. The van der Waals surface area contributed by atoms with Gasteiger partial charge in [0.1, 0.15) is 6.02 Å². The summed E-state index contributed by atoms with van der Waals surface area (Å²) in [5.41, 5.74) is 3.85. The molecule has 5 nitrogen and oxygen atoms in total. The van der Waals surface area contributed by atoms with Crippen molar-refractivity contribution in [1.29, 1.82) is 0 Å². The van der Waals surface area contributed by atoms with Gasteiger partial charge in [0.25, 0.3) is 5.91 Å². The molecule has 1 aromatic carbocycles. The summed E-state index contributed by atoms with van der Waals surface area (Å²) in [7, 11) is 0. The van der Waals surface area contributed by atoms with Gasteiger partial charge in [-0.2, -0.15) is 0 Å². The van der Waals surface area contributed by atoms with Crippen molar-refractivity contribution in [2.75, 3.05) is 5.73 Å². The topological polar surface area (TPSA) is 75.4 Å². The third-order valence-electron chi connectivity index (χ3n) is 2.74. The number of anilines is 1. The van der Waals surface area contributed by atoms with E-state index in [0.717, 1.165) is 0 Å². The first-order valence-electron chi connectivity index (χ1n) is 9.43. The summed E-state index contributed by atoms with van der Waals surface area (Å²) in [5, 5.41) is 2.17. The number of nitrogens with zero attached hydrogens (tertiary/aromatic N) is 1. The number of nitrogens with one attached hydrogen (secondary N) is 1. The van der Waals surface area contributed by atoms with Gasteiger partial charge in [-0.25, -0.2) is 0 Å². The number of carbonyl (C=O) groups is 2. The average molecular weight is 265 g/mol. The van der Waals surface area contributed by atoms with Gasteiger partial charge in [0, 0.05) is 31.7 Å². The molecule has 1 fully saturated rings. The molecule has 0 radical (unpaired) electrons.